The number of rotatable bonds is 6. The molecule has 0 saturated heterocycles. The van der Waals surface area contributed by atoms with Gasteiger partial charge in [0.1, 0.15) is 0 Å². The Kier molecular flexibility index (Phi) is 7.35. The third-order valence-electron chi connectivity index (χ3n) is 6.64. The quantitative estimate of drug-likeness (QED) is 0.390. The number of allylic oxidation sites excluding steroid dienone is 1. The molecule has 0 fully saturated rings. The van der Waals surface area contributed by atoms with Gasteiger partial charge in [-0.3, -0.25) is 9.59 Å². The Morgan fingerprint density at radius 2 is 1.81 bits per heavy atom. The maximum Gasteiger partial charge on any atom is 0.259 e. The fourth-order valence-electron chi connectivity index (χ4n) is 4.70. The van der Waals surface area contributed by atoms with Gasteiger partial charge in [-0.05, 0) is 80.1 Å². The average Bonchev–Trinajstić information content (AvgIpc) is 2.99. The maximum atomic E-state index is 13.7. The third-order valence-corrected chi connectivity index (χ3v) is 8.40. The summed E-state index contributed by atoms with van der Waals surface area (Å²) >= 11 is 6.05. The van der Waals surface area contributed by atoms with Gasteiger partial charge in [-0.25, -0.2) is 4.21 Å². The Labute approximate surface area is 218 Å². The normalized spacial score (nSPS) is 17.0. The molecule has 1 N–H and O–H groups in total. The fraction of sp³-hybridized carbons (Fsp3) is 0.241. The Morgan fingerprint density at radius 3 is 2.58 bits per heavy atom. The molecule has 1 aliphatic heterocycles. The van der Waals surface area contributed by atoms with Crippen LogP contribution >= 0.6 is 11.6 Å². The number of nitrogens with zero attached hydrogens (tertiary/aromatic N) is 1. The second-order valence-corrected chi connectivity index (χ2v) is 10.9. The summed E-state index contributed by atoms with van der Waals surface area (Å²) in [5.41, 5.74) is 3.58. The molecule has 5 nitrogen and oxygen atoms in total. The fourth-order valence-corrected chi connectivity index (χ4v) is 6.18. The van der Waals surface area contributed by atoms with Gasteiger partial charge < -0.3 is 10.2 Å². The molecule has 1 aliphatic carbocycles. The van der Waals surface area contributed by atoms with Gasteiger partial charge in [0.25, 0.3) is 11.8 Å². The predicted molar refractivity (Wildman–Crippen MR) is 143 cm³/mol. The van der Waals surface area contributed by atoms with E-state index in [1.807, 2.05) is 12.1 Å². The largest absolute Gasteiger partial charge is 0.352 e. The topological polar surface area (TPSA) is 66.5 Å². The van der Waals surface area contributed by atoms with Gasteiger partial charge in [0.05, 0.1) is 38.4 Å². The Hall–Kier alpha value is -3.22. The summed E-state index contributed by atoms with van der Waals surface area (Å²) in [7, 11) is -1.56. The van der Waals surface area contributed by atoms with E-state index < -0.39 is 10.8 Å². The van der Waals surface area contributed by atoms with Crippen LogP contribution in [0.3, 0.4) is 0 Å². The Balaban J connectivity index is 1.47. The van der Waals surface area contributed by atoms with Crippen molar-refractivity contribution in [3.8, 4) is 0 Å². The number of amides is 2. The number of anilines is 1. The lowest BCUT2D eigenvalue weighted by Crippen LogP contribution is -2.31. The molecule has 2 amide bonds. The van der Waals surface area contributed by atoms with Gasteiger partial charge in [0.2, 0.25) is 0 Å². The van der Waals surface area contributed by atoms with Crippen LogP contribution < -0.4 is 10.2 Å². The highest BCUT2D eigenvalue weighted by Gasteiger charge is 2.31. The van der Waals surface area contributed by atoms with Crippen molar-refractivity contribution in [3.63, 3.8) is 0 Å². The van der Waals surface area contributed by atoms with Crippen molar-refractivity contribution in [1.82, 2.24) is 5.32 Å². The Bertz CT molecular complexity index is 1370. The standard InChI is InChI=1S/C29H27ClN2O3S/c30-23-13-10-21(11-14-23)19-32-25-18-22(28(33)31-17-16-20-6-2-1-3-7-20)12-15-27(25)36(35)26-9-5-4-8-24(26)29(32)34/h4-6,8-15,18H,1-3,7,16-17,19H2,(H,31,33)/t36-/m1/s1. The van der Waals surface area contributed by atoms with Crippen LogP contribution in [0.4, 0.5) is 5.69 Å². The SMILES string of the molecule is O=C(NCCC1=CCCCC1)c1ccc2c(c1)N(Cc1ccc(Cl)cc1)C(=O)c1ccccc1[S@]2=O. The highest BCUT2D eigenvalue weighted by Crippen LogP contribution is 2.36. The second kappa shape index (κ2) is 10.8. The lowest BCUT2D eigenvalue weighted by molar-refractivity contribution is 0.0950. The molecule has 1 heterocycles. The van der Waals surface area contributed by atoms with E-state index in [0.29, 0.717) is 38.2 Å². The summed E-state index contributed by atoms with van der Waals surface area (Å²) < 4.78 is 13.6. The molecule has 0 radical (unpaired) electrons. The molecule has 0 saturated carbocycles. The number of fused-ring (bicyclic) bond motifs is 2. The number of halogens is 1. The first-order chi connectivity index (χ1) is 17.5. The molecule has 0 bridgehead atoms. The zero-order valence-electron chi connectivity index (χ0n) is 19.8. The highest BCUT2D eigenvalue weighted by molar-refractivity contribution is 7.85. The van der Waals surface area contributed by atoms with Crippen molar-refractivity contribution in [2.24, 2.45) is 0 Å². The van der Waals surface area contributed by atoms with Crippen molar-refractivity contribution >= 4 is 39.9 Å². The van der Waals surface area contributed by atoms with Gasteiger partial charge in [-0.2, -0.15) is 0 Å². The molecule has 1 atom stereocenters. The second-order valence-electron chi connectivity index (χ2n) is 9.08. The van der Waals surface area contributed by atoms with Crippen molar-refractivity contribution in [2.75, 3.05) is 11.4 Å². The molecule has 2 aliphatic rings. The van der Waals surface area contributed by atoms with E-state index in [4.69, 9.17) is 11.6 Å². The number of carbonyl (C=O) groups is 2. The lowest BCUT2D eigenvalue weighted by Gasteiger charge is -2.23. The number of carbonyl (C=O) groups excluding carboxylic acids is 2. The smallest absolute Gasteiger partial charge is 0.259 e. The summed E-state index contributed by atoms with van der Waals surface area (Å²) in [5, 5.41) is 3.61. The highest BCUT2D eigenvalue weighted by atomic mass is 35.5. The minimum Gasteiger partial charge on any atom is -0.352 e. The minimum absolute atomic E-state index is 0.208. The van der Waals surface area contributed by atoms with E-state index in [0.717, 1.165) is 24.8 Å². The van der Waals surface area contributed by atoms with Crippen molar-refractivity contribution in [1.29, 1.82) is 0 Å². The number of nitrogens with one attached hydrogen (secondary N) is 1. The monoisotopic (exact) mass is 518 g/mol. The molecule has 3 aromatic rings. The third kappa shape index (κ3) is 5.15. The number of benzene rings is 3. The maximum absolute atomic E-state index is 13.7. The summed E-state index contributed by atoms with van der Waals surface area (Å²) in [6, 6.07) is 19.3. The van der Waals surface area contributed by atoms with Crippen LogP contribution in [0.25, 0.3) is 0 Å². The van der Waals surface area contributed by atoms with Gasteiger partial charge in [0, 0.05) is 17.1 Å². The first-order valence-electron chi connectivity index (χ1n) is 12.2. The van der Waals surface area contributed by atoms with Crippen LogP contribution in [-0.2, 0) is 17.3 Å². The van der Waals surface area contributed by atoms with E-state index in [-0.39, 0.29) is 18.4 Å². The van der Waals surface area contributed by atoms with E-state index in [9.17, 15) is 13.8 Å². The van der Waals surface area contributed by atoms with Crippen molar-refractivity contribution in [3.05, 3.63) is 100 Å². The molecule has 5 rings (SSSR count). The van der Waals surface area contributed by atoms with Gasteiger partial charge >= 0.3 is 0 Å². The van der Waals surface area contributed by atoms with Gasteiger partial charge in [-0.15, -0.1) is 0 Å². The number of hydrogen-bond donors (Lipinski definition) is 1. The van der Waals surface area contributed by atoms with Crippen LogP contribution in [0.2, 0.25) is 5.02 Å². The molecule has 0 spiro atoms. The average molecular weight is 519 g/mol. The van der Waals surface area contributed by atoms with Crippen LogP contribution in [0, 0.1) is 0 Å². The molecule has 3 aromatic carbocycles. The van der Waals surface area contributed by atoms with E-state index in [2.05, 4.69) is 11.4 Å². The van der Waals surface area contributed by atoms with E-state index in [1.165, 1.54) is 18.4 Å². The summed E-state index contributed by atoms with van der Waals surface area (Å²) in [5.74, 6) is -0.463. The molecule has 36 heavy (non-hydrogen) atoms. The molecule has 184 valence electrons. The summed E-state index contributed by atoms with van der Waals surface area (Å²) in [4.78, 5) is 29.3. The summed E-state index contributed by atoms with van der Waals surface area (Å²) in [6.45, 7) is 0.820. The zero-order valence-corrected chi connectivity index (χ0v) is 21.4. The molecular weight excluding hydrogens is 492 g/mol. The molecule has 7 heteroatoms. The van der Waals surface area contributed by atoms with Crippen LogP contribution in [-0.4, -0.2) is 22.6 Å². The minimum atomic E-state index is -1.56. The molecule has 0 aromatic heterocycles. The van der Waals surface area contributed by atoms with Crippen molar-refractivity contribution < 1.29 is 13.8 Å². The first-order valence-corrected chi connectivity index (χ1v) is 13.7. The lowest BCUT2D eigenvalue weighted by atomic mass is 9.97. The zero-order chi connectivity index (χ0) is 25.1. The molecular formula is C29H27ClN2O3S. The Morgan fingerprint density at radius 1 is 1.00 bits per heavy atom. The van der Waals surface area contributed by atoms with Gasteiger partial charge in [-0.1, -0.05) is 47.5 Å². The number of hydrogen-bond acceptors (Lipinski definition) is 3. The predicted octanol–water partition coefficient (Wildman–Crippen LogP) is 6.29. The van der Waals surface area contributed by atoms with Crippen LogP contribution in [0.15, 0.2) is 88.2 Å². The van der Waals surface area contributed by atoms with E-state index >= 15 is 0 Å². The van der Waals surface area contributed by atoms with Crippen LogP contribution in [0.5, 0.6) is 0 Å². The summed E-state index contributed by atoms with van der Waals surface area (Å²) in [6.07, 6.45) is 7.79. The van der Waals surface area contributed by atoms with Crippen molar-refractivity contribution in [2.45, 2.75) is 48.4 Å². The first kappa shape index (κ1) is 24.5. The van der Waals surface area contributed by atoms with E-state index in [1.54, 1.807) is 59.5 Å². The van der Waals surface area contributed by atoms with Crippen LogP contribution in [0.1, 0.15) is 58.4 Å². The molecule has 0 unspecified atom stereocenters. The van der Waals surface area contributed by atoms with Gasteiger partial charge in [0.15, 0.2) is 0 Å².